The van der Waals surface area contributed by atoms with Crippen LogP contribution < -0.4 is 5.73 Å². The van der Waals surface area contributed by atoms with Crippen LogP contribution in [0.4, 0.5) is 4.39 Å². The van der Waals surface area contributed by atoms with Gasteiger partial charge in [-0.3, -0.25) is 0 Å². The number of benzene rings is 1. The molecule has 0 aromatic heterocycles. The van der Waals surface area contributed by atoms with Crippen LogP contribution in [0.15, 0.2) is 12.1 Å². The molecule has 0 saturated heterocycles. The van der Waals surface area contributed by atoms with Crippen LogP contribution in [-0.4, -0.2) is 11.7 Å². The van der Waals surface area contributed by atoms with E-state index in [2.05, 4.69) is 0 Å². The largest absolute Gasteiger partial charge is 0.505 e. The van der Waals surface area contributed by atoms with E-state index in [9.17, 15) is 9.50 Å². The number of rotatable bonds is 2. The zero-order chi connectivity index (χ0) is 12.5. The fraction of sp³-hybridized carbons (Fsp3) is 0.571. The van der Waals surface area contributed by atoms with Crippen molar-refractivity contribution in [2.75, 3.05) is 6.54 Å². The van der Waals surface area contributed by atoms with Crippen molar-refractivity contribution in [1.29, 1.82) is 0 Å². The van der Waals surface area contributed by atoms with E-state index in [1.165, 1.54) is 18.6 Å². The van der Waals surface area contributed by atoms with Gasteiger partial charge in [-0.2, -0.15) is 0 Å². The lowest BCUT2D eigenvalue weighted by molar-refractivity contribution is 0.298. The van der Waals surface area contributed by atoms with Crippen molar-refractivity contribution in [3.63, 3.8) is 0 Å². The van der Waals surface area contributed by atoms with Gasteiger partial charge < -0.3 is 10.8 Å². The number of hydrogen-bond acceptors (Lipinski definition) is 2. The van der Waals surface area contributed by atoms with Crippen LogP contribution in [-0.2, 0) is 5.41 Å². The van der Waals surface area contributed by atoms with Crippen molar-refractivity contribution < 1.29 is 9.50 Å². The van der Waals surface area contributed by atoms with E-state index in [0.29, 0.717) is 6.54 Å². The van der Waals surface area contributed by atoms with Gasteiger partial charge in [0.1, 0.15) is 0 Å². The number of halogens is 1. The maximum Gasteiger partial charge on any atom is 0.165 e. The topological polar surface area (TPSA) is 46.2 Å². The van der Waals surface area contributed by atoms with Crippen LogP contribution in [0.1, 0.15) is 43.2 Å². The molecular formula is C14H20FNO. The van der Waals surface area contributed by atoms with Gasteiger partial charge in [0.2, 0.25) is 0 Å². The Morgan fingerprint density at radius 2 is 1.94 bits per heavy atom. The van der Waals surface area contributed by atoms with E-state index in [1.807, 2.05) is 6.92 Å². The summed E-state index contributed by atoms with van der Waals surface area (Å²) in [4.78, 5) is 0. The average molecular weight is 237 g/mol. The zero-order valence-electron chi connectivity index (χ0n) is 10.3. The van der Waals surface area contributed by atoms with Crippen molar-refractivity contribution in [3.05, 3.63) is 29.1 Å². The van der Waals surface area contributed by atoms with Gasteiger partial charge in [-0.15, -0.1) is 0 Å². The fourth-order valence-corrected chi connectivity index (χ4v) is 3.05. The summed E-state index contributed by atoms with van der Waals surface area (Å²) >= 11 is 0. The lowest BCUT2D eigenvalue weighted by Gasteiger charge is -2.38. The van der Waals surface area contributed by atoms with Crippen molar-refractivity contribution in [2.24, 2.45) is 5.73 Å². The lowest BCUT2D eigenvalue weighted by Crippen LogP contribution is -2.37. The Labute approximate surface area is 102 Å². The smallest absolute Gasteiger partial charge is 0.165 e. The third kappa shape index (κ3) is 2.16. The fourth-order valence-electron chi connectivity index (χ4n) is 3.05. The molecule has 1 aliphatic rings. The lowest BCUT2D eigenvalue weighted by atomic mass is 9.68. The van der Waals surface area contributed by atoms with Crippen molar-refractivity contribution >= 4 is 0 Å². The first kappa shape index (κ1) is 12.4. The highest BCUT2D eigenvalue weighted by Crippen LogP contribution is 2.41. The first-order valence-electron chi connectivity index (χ1n) is 6.29. The number of phenols is 1. The summed E-state index contributed by atoms with van der Waals surface area (Å²) in [7, 11) is 0. The minimum atomic E-state index is -0.538. The van der Waals surface area contributed by atoms with Crippen molar-refractivity contribution in [2.45, 2.75) is 44.4 Å². The highest BCUT2D eigenvalue weighted by atomic mass is 19.1. The maximum atomic E-state index is 13.5. The summed E-state index contributed by atoms with van der Waals surface area (Å²) in [5.41, 5.74) is 7.78. The second-order valence-electron chi connectivity index (χ2n) is 5.16. The molecule has 1 fully saturated rings. The van der Waals surface area contributed by atoms with Crippen LogP contribution in [0.2, 0.25) is 0 Å². The predicted octanol–water partition coefficient (Wildman–Crippen LogP) is 3.00. The highest BCUT2D eigenvalue weighted by molar-refractivity contribution is 5.40. The van der Waals surface area contributed by atoms with Gasteiger partial charge in [-0.05, 0) is 43.0 Å². The summed E-state index contributed by atoms with van der Waals surface area (Å²) in [6, 6.07) is 2.99. The molecule has 0 aliphatic heterocycles. The number of aryl methyl sites for hydroxylation is 1. The van der Waals surface area contributed by atoms with E-state index >= 15 is 0 Å². The van der Waals surface area contributed by atoms with E-state index in [0.717, 1.165) is 36.8 Å². The van der Waals surface area contributed by atoms with E-state index in [4.69, 9.17) is 5.73 Å². The van der Waals surface area contributed by atoms with Gasteiger partial charge in [-0.1, -0.05) is 19.3 Å². The molecule has 0 radical (unpaired) electrons. The molecule has 1 aliphatic carbocycles. The first-order chi connectivity index (χ1) is 8.09. The normalized spacial score (nSPS) is 19.2. The Morgan fingerprint density at radius 3 is 2.53 bits per heavy atom. The average Bonchev–Trinajstić information content (AvgIpc) is 2.34. The number of nitrogens with two attached hydrogens (primary N) is 1. The SMILES string of the molecule is Cc1cc(O)c(F)cc1C1(CN)CCCCC1. The van der Waals surface area contributed by atoms with Crippen LogP contribution >= 0.6 is 0 Å². The molecule has 3 N–H and O–H groups in total. The Bertz CT molecular complexity index is 411. The highest BCUT2D eigenvalue weighted by Gasteiger charge is 2.34. The number of hydrogen-bond donors (Lipinski definition) is 2. The van der Waals surface area contributed by atoms with Gasteiger partial charge in [0.05, 0.1) is 0 Å². The Hall–Kier alpha value is -1.09. The van der Waals surface area contributed by atoms with E-state index in [-0.39, 0.29) is 11.2 Å². The molecule has 17 heavy (non-hydrogen) atoms. The molecule has 0 unspecified atom stereocenters. The van der Waals surface area contributed by atoms with Crippen LogP contribution in [0.3, 0.4) is 0 Å². The van der Waals surface area contributed by atoms with Gasteiger partial charge in [0.25, 0.3) is 0 Å². The molecule has 0 spiro atoms. The minimum Gasteiger partial charge on any atom is -0.505 e. The minimum absolute atomic E-state index is 0.0864. The van der Waals surface area contributed by atoms with Gasteiger partial charge in [-0.25, -0.2) is 4.39 Å². The molecule has 1 aromatic rings. The zero-order valence-corrected chi connectivity index (χ0v) is 10.3. The molecule has 94 valence electrons. The second kappa shape index (κ2) is 4.65. The quantitative estimate of drug-likeness (QED) is 0.830. The summed E-state index contributed by atoms with van der Waals surface area (Å²) in [5, 5.41) is 9.37. The van der Waals surface area contributed by atoms with Gasteiger partial charge in [0, 0.05) is 12.0 Å². The molecule has 3 heteroatoms. The van der Waals surface area contributed by atoms with Crippen LogP contribution in [0.25, 0.3) is 0 Å². The molecule has 0 heterocycles. The molecule has 2 nitrogen and oxygen atoms in total. The molecule has 1 aromatic carbocycles. The Kier molecular flexibility index (Phi) is 3.38. The summed E-state index contributed by atoms with van der Waals surface area (Å²) in [6.45, 7) is 2.47. The monoisotopic (exact) mass is 237 g/mol. The van der Waals surface area contributed by atoms with Gasteiger partial charge >= 0.3 is 0 Å². The van der Waals surface area contributed by atoms with E-state index < -0.39 is 5.82 Å². The van der Waals surface area contributed by atoms with Crippen molar-refractivity contribution in [1.82, 2.24) is 0 Å². The summed E-state index contributed by atoms with van der Waals surface area (Å²) in [5.74, 6) is -0.807. The van der Waals surface area contributed by atoms with Gasteiger partial charge in [0.15, 0.2) is 11.6 Å². The third-order valence-corrected chi connectivity index (χ3v) is 4.07. The summed E-state index contributed by atoms with van der Waals surface area (Å²) < 4.78 is 13.5. The number of aromatic hydroxyl groups is 1. The molecular weight excluding hydrogens is 217 g/mol. The Morgan fingerprint density at radius 1 is 1.29 bits per heavy atom. The first-order valence-corrected chi connectivity index (χ1v) is 6.29. The van der Waals surface area contributed by atoms with Crippen LogP contribution in [0, 0.1) is 12.7 Å². The molecule has 0 atom stereocenters. The Balaban J connectivity index is 2.46. The third-order valence-electron chi connectivity index (χ3n) is 4.07. The molecule has 0 bridgehead atoms. The predicted molar refractivity (Wildman–Crippen MR) is 66.6 cm³/mol. The molecule has 2 rings (SSSR count). The van der Waals surface area contributed by atoms with Crippen molar-refractivity contribution in [3.8, 4) is 5.75 Å². The second-order valence-corrected chi connectivity index (χ2v) is 5.16. The number of phenolic OH excluding ortho intramolecular Hbond substituents is 1. The molecule has 0 amide bonds. The molecule has 1 saturated carbocycles. The standard InChI is InChI=1S/C14H20FNO/c1-10-7-13(17)12(15)8-11(10)14(9-16)5-3-2-4-6-14/h7-8,17H,2-6,9,16H2,1H3. The van der Waals surface area contributed by atoms with E-state index in [1.54, 1.807) is 0 Å². The summed E-state index contributed by atoms with van der Waals surface area (Å²) in [6.07, 6.45) is 5.59. The maximum absolute atomic E-state index is 13.5. The van der Waals surface area contributed by atoms with Crippen LogP contribution in [0.5, 0.6) is 5.75 Å².